The number of unbranched alkanes of at least 4 members (excludes halogenated alkanes) is 2. The first-order valence-electron chi connectivity index (χ1n) is 11.4. The summed E-state index contributed by atoms with van der Waals surface area (Å²) in [7, 11) is 1.75. The lowest BCUT2D eigenvalue weighted by molar-refractivity contribution is 0.629. The van der Waals surface area contributed by atoms with E-state index in [0.717, 1.165) is 33.8 Å². The van der Waals surface area contributed by atoms with E-state index in [0.29, 0.717) is 12.2 Å². The van der Waals surface area contributed by atoms with E-state index in [1.165, 1.54) is 32.1 Å². The lowest BCUT2D eigenvalue weighted by Gasteiger charge is -2.11. The molecule has 170 valence electrons. The van der Waals surface area contributed by atoms with Gasteiger partial charge in [0.25, 0.3) is 0 Å². The lowest BCUT2D eigenvalue weighted by Crippen LogP contribution is -2.24. The van der Waals surface area contributed by atoms with Crippen molar-refractivity contribution in [3.8, 4) is 0 Å². The molecule has 2 aromatic carbocycles. The summed E-state index contributed by atoms with van der Waals surface area (Å²) in [6.45, 7) is 11.1. The summed E-state index contributed by atoms with van der Waals surface area (Å²) in [4.78, 5) is 4.25. The minimum absolute atomic E-state index is 0.679. The van der Waals surface area contributed by atoms with Gasteiger partial charge >= 0.3 is 0 Å². The Morgan fingerprint density at radius 2 is 1.77 bits per heavy atom. The minimum Gasteiger partial charge on any atom is -0.398 e. The number of hydrogen-bond acceptors (Lipinski definition) is 2. The Hall–Kier alpha value is -2.26. The molecule has 0 spiro atoms. The maximum absolute atomic E-state index is 5.95. The average Bonchev–Trinajstić information content (AvgIpc) is 3.63. The van der Waals surface area contributed by atoms with Crippen molar-refractivity contribution in [1.82, 2.24) is 5.32 Å². The molecule has 1 fully saturated rings. The van der Waals surface area contributed by atoms with E-state index in [1.54, 1.807) is 7.05 Å². The van der Waals surface area contributed by atoms with E-state index >= 15 is 0 Å². The fourth-order valence-electron chi connectivity index (χ4n) is 2.96. The Balaban J connectivity index is 0.000000327. The van der Waals surface area contributed by atoms with Crippen molar-refractivity contribution in [1.29, 1.82) is 0 Å². The van der Waals surface area contributed by atoms with Gasteiger partial charge in [0.05, 0.1) is 0 Å². The summed E-state index contributed by atoms with van der Waals surface area (Å²) in [6, 6.07) is 15.4. The number of anilines is 1. The first-order chi connectivity index (χ1) is 15.0. The summed E-state index contributed by atoms with van der Waals surface area (Å²) in [5, 5.41) is 4.03. The smallest absolute Gasteiger partial charge is 0.130 e. The van der Waals surface area contributed by atoms with Gasteiger partial charge in [-0.1, -0.05) is 82.0 Å². The molecule has 0 saturated heterocycles. The minimum atomic E-state index is 0.679. The predicted octanol–water partition coefficient (Wildman–Crippen LogP) is 7.50. The van der Waals surface area contributed by atoms with E-state index in [-0.39, 0.29) is 0 Å². The van der Waals surface area contributed by atoms with Crippen LogP contribution in [0, 0.1) is 11.8 Å². The van der Waals surface area contributed by atoms with Gasteiger partial charge in [-0.2, -0.15) is 0 Å². The molecule has 1 atom stereocenters. The third-order valence-electron chi connectivity index (χ3n) is 5.26. The zero-order chi connectivity index (χ0) is 23.1. The number of halogens is 1. The first-order valence-corrected chi connectivity index (χ1v) is 11.8. The molecule has 3 rings (SSSR count). The topological polar surface area (TPSA) is 50.4 Å². The molecule has 0 bridgehead atoms. The van der Waals surface area contributed by atoms with Crippen LogP contribution in [0.1, 0.15) is 64.0 Å². The molecular weight excluding hydrogens is 402 g/mol. The van der Waals surface area contributed by atoms with Crippen molar-refractivity contribution in [2.75, 3.05) is 12.8 Å². The van der Waals surface area contributed by atoms with Crippen molar-refractivity contribution in [2.24, 2.45) is 16.8 Å². The van der Waals surface area contributed by atoms with Crippen molar-refractivity contribution in [2.45, 2.75) is 59.4 Å². The number of allylic oxidation sites excluding steroid dienone is 1. The number of nitrogens with two attached hydrogens (primary N) is 1. The van der Waals surface area contributed by atoms with Crippen LogP contribution in [-0.4, -0.2) is 12.9 Å². The van der Waals surface area contributed by atoms with E-state index in [4.69, 9.17) is 17.3 Å². The molecule has 0 amide bonds. The van der Waals surface area contributed by atoms with Gasteiger partial charge in [-0.25, -0.2) is 0 Å². The monoisotopic (exact) mass is 441 g/mol. The third-order valence-corrected chi connectivity index (χ3v) is 5.51. The standard InChI is InChI=1S/C15H16ClN3.C7H12.C5H12/c1-18-15(13-4-2-3-5-14(13)17)19-10-11-6-8-12(16)9-7-11;1-3-6(2)7-4-5-7;1-3-5-4-2/h2-9H,10,17H2,1H3,(H,18,19);3,6-7H,1,4-5H2,2H3;3-5H2,1-2H3. The molecule has 3 nitrogen and oxygen atoms in total. The fourth-order valence-corrected chi connectivity index (χ4v) is 3.09. The van der Waals surface area contributed by atoms with Gasteiger partial charge in [-0.15, -0.1) is 6.58 Å². The van der Waals surface area contributed by atoms with Crippen LogP contribution in [0.5, 0.6) is 0 Å². The summed E-state index contributed by atoms with van der Waals surface area (Å²) in [5.74, 6) is 2.56. The van der Waals surface area contributed by atoms with Gasteiger partial charge in [-0.05, 0) is 54.5 Å². The van der Waals surface area contributed by atoms with Gasteiger partial charge in [0.15, 0.2) is 0 Å². The highest BCUT2D eigenvalue weighted by molar-refractivity contribution is 6.30. The van der Waals surface area contributed by atoms with Crippen molar-refractivity contribution >= 4 is 23.1 Å². The van der Waals surface area contributed by atoms with Crippen LogP contribution in [0.3, 0.4) is 0 Å². The predicted molar refractivity (Wildman–Crippen MR) is 139 cm³/mol. The number of nitrogens with zero attached hydrogens (tertiary/aromatic N) is 1. The molecule has 1 unspecified atom stereocenters. The Morgan fingerprint density at radius 1 is 1.16 bits per heavy atom. The number of rotatable bonds is 7. The summed E-state index contributed by atoms with van der Waals surface area (Å²) < 4.78 is 0. The number of para-hydroxylation sites is 1. The Morgan fingerprint density at radius 3 is 2.19 bits per heavy atom. The number of nitrogen functional groups attached to an aromatic ring is 1. The van der Waals surface area contributed by atoms with Crippen molar-refractivity contribution in [3.05, 3.63) is 77.3 Å². The highest BCUT2D eigenvalue weighted by Gasteiger charge is 2.25. The molecule has 31 heavy (non-hydrogen) atoms. The van der Waals surface area contributed by atoms with Crippen molar-refractivity contribution < 1.29 is 0 Å². The van der Waals surface area contributed by atoms with Crippen LogP contribution >= 0.6 is 11.6 Å². The second-order valence-electron chi connectivity index (χ2n) is 7.93. The summed E-state index contributed by atoms with van der Waals surface area (Å²) in [6.07, 6.45) is 9.01. The SMILES string of the molecule is C=CC(C)C1CC1.CCCCC.CN=C(NCc1ccc(Cl)cc1)c1ccccc1N. The molecular formula is C27H40ClN3. The molecule has 4 heteroatoms. The zero-order valence-electron chi connectivity index (χ0n) is 19.7. The van der Waals surface area contributed by atoms with E-state index in [1.807, 2.05) is 48.5 Å². The van der Waals surface area contributed by atoms with E-state index < -0.39 is 0 Å². The Bertz CT molecular complexity index is 777. The Labute approximate surface area is 194 Å². The zero-order valence-corrected chi connectivity index (χ0v) is 20.5. The van der Waals surface area contributed by atoms with Gasteiger partial charge in [0.2, 0.25) is 0 Å². The number of nitrogens with one attached hydrogen (secondary N) is 1. The second kappa shape index (κ2) is 15.5. The van der Waals surface area contributed by atoms with Crippen LogP contribution in [0.2, 0.25) is 5.02 Å². The third kappa shape index (κ3) is 11.1. The van der Waals surface area contributed by atoms with Gasteiger partial charge in [0, 0.05) is 29.9 Å². The average molecular weight is 442 g/mol. The molecule has 2 aromatic rings. The van der Waals surface area contributed by atoms with Crippen LogP contribution in [-0.2, 0) is 6.54 Å². The largest absolute Gasteiger partial charge is 0.398 e. The lowest BCUT2D eigenvalue weighted by atomic mass is 10.1. The molecule has 0 radical (unpaired) electrons. The highest BCUT2D eigenvalue weighted by Crippen LogP contribution is 2.36. The van der Waals surface area contributed by atoms with E-state index in [9.17, 15) is 0 Å². The summed E-state index contributed by atoms with van der Waals surface area (Å²) >= 11 is 5.86. The quantitative estimate of drug-likeness (QED) is 0.202. The molecule has 3 N–H and O–H groups in total. The summed E-state index contributed by atoms with van der Waals surface area (Å²) in [5.41, 5.74) is 8.72. The van der Waals surface area contributed by atoms with E-state index in [2.05, 4.69) is 43.7 Å². The van der Waals surface area contributed by atoms with Crippen LogP contribution in [0.25, 0.3) is 0 Å². The molecule has 1 aliphatic carbocycles. The maximum atomic E-state index is 5.95. The van der Waals surface area contributed by atoms with Crippen LogP contribution in [0.15, 0.2) is 66.2 Å². The number of aliphatic imine (C=N–C) groups is 1. The highest BCUT2D eigenvalue weighted by atomic mass is 35.5. The van der Waals surface area contributed by atoms with Gasteiger partial charge in [-0.3, -0.25) is 4.99 Å². The molecule has 0 aromatic heterocycles. The maximum Gasteiger partial charge on any atom is 0.130 e. The van der Waals surface area contributed by atoms with Crippen LogP contribution < -0.4 is 11.1 Å². The Kier molecular flexibility index (Phi) is 13.4. The van der Waals surface area contributed by atoms with Gasteiger partial charge < -0.3 is 11.1 Å². The number of hydrogen-bond donors (Lipinski definition) is 2. The molecule has 1 aliphatic rings. The molecule has 1 saturated carbocycles. The second-order valence-corrected chi connectivity index (χ2v) is 8.36. The normalized spacial score (nSPS) is 13.8. The first kappa shape index (κ1) is 26.8. The number of amidine groups is 1. The van der Waals surface area contributed by atoms with Crippen molar-refractivity contribution in [3.63, 3.8) is 0 Å². The van der Waals surface area contributed by atoms with Crippen LogP contribution in [0.4, 0.5) is 5.69 Å². The molecule has 0 aliphatic heterocycles. The van der Waals surface area contributed by atoms with Gasteiger partial charge in [0.1, 0.15) is 5.84 Å². The number of benzene rings is 2. The molecule has 0 heterocycles. The fraction of sp³-hybridized carbons (Fsp3) is 0.444.